The van der Waals surface area contributed by atoms with E-state index in [-0.39, 0.29) is 18.0 Å². The minimum atomic E-state index is -1.20. The molecular formula is C17H10ClO4S-. The van der Waals surface area contributed by atoms with Crippen molar-refractivity contribution in [2.45, 2.75) is 6.42 Å². The molecule has 2 aromatic heterocycles. The molecule has 3 rings (SSSR count). The maximum Gasteiger partial charge on any atom is 0.238 e. The molecular weight excluding hydrogens is 336 g/mol. The summed E-state index contributed by atoms with van der Waals surface area (Å²) in [5.74, 6) is -1.26. The predicted molar refractivity (Wildman–Crippen MR) is 85.6 cm³/mol. The van der Waals surface area contributed by atoms with E-state index in [1.165, 1.54) is 17.6 Å². The SMILES string of the molecule is O=C([O-])Cc1cc(C(=O)c2ccco2)sc1-c1ccc(Cl)cc1. The molecule has 0 bridgehead atoms. The van der Waals surface area contributed by atoms with Gasteiger partial charge in [-0.05, 0) is 41.5 Å². The van der Waals surface area contributed by atoms with Gasteiger partial charge in [0.05, 0.1) is 11.1 Å². The number of rotatable bonds is 5. The highest BCUT2D eigenvalue weighted by Gasteiger charge is 2.19. The van der Waals surface area contributed by atoms with E-state index in [9.17, 15) is 14.7 Å². The molecule has 0 atom stereocenters. The molecule has 0 radical (unpaired) electrons. The Hall–Kier alpha value is -2.37. The smallest absolute Gasteiger partial charge is 0.238 e. The lowest BCUT2D eigenvalue weighted by atomic mass is 10.1. The summed E-state index contributed by atoms with van der Waals surface area (Å²) in [5, 5.41) is 11.6. The van der Waals surface area contributed by atoms with Crippen molar-refractivity contribution in [1.82, 2.24) is 0 Å². The lowest BCUT2D eigenvalue weighted by Gasteiger charge is -2.04. The fourth-order valence-electron chi connectivity index (χ4n) is 2.20. The van der Waals surface area contributed by atoms with Crippen LogP contribution in [0.5, 0.6) is 0 Å². The number of carboxylic acid groups (broad SMARTS) is 1. The van der Waals surface area contributed by atoms with Gasteiger partial charge < -0.3 is 14.3 Å². The molecule has 23 heavy (non-hydrogen) atoms. The van der Waals surface area contributed by atoms with Crippen LogP contribution in [0.4, 0.5) is 0 Å². The maximum absolute atomic E-state index is 12.4. The lowest BCUT2D eigenvalue weighted by molar-refractivity contribution is -0.304. The van der Waals surface area contributed by atoms with Crippen molar-refractivity contribution in [2.75, 3.05) is 0 Å². The molecule has 0 saturated carbocycles. The van der Waals surface area contributed by atoms with Gasteiger partial charge in [-0.1, -0.05) is 23.7 Å². The van der Waals surface area contributed by atoms with Crippen LogP contribution in [-0.4, -0.2) is 11.8 Å². The Morgan fingerprint density at radius 2 is 1.91 bits per heavy atom. The predicted octanol–water partition coefficient (Wildman–Crippen LogP) is 3.18. The van der Waals surface area contributed by atoms with Gasteiger partial charge in [0, 0.05) is 22.3 Å². The summed E-state index contributed by atoms with van der Waals surface area (Å²) in [7, 11) is 0. The molecule has 0 aliphatic heterocycles. The zero-order valence-electron chi connectivity index (χ0n) is 11.7. The van der Waals surface area contributed by atoms with Crippen LogP contribution in [-0.2, 0) is 11.2 Å². The third kappa shape index (κ3) is 3.36. The molecule has 0 amide bonds. The van der Waals surface area contributed by atoms with E-state index in [1.807, 2.05) is 0 Å². The molecule has 3 aromatic rings. The van der Waals surface area contributed by atoms with Crippen LogP contribution < -0.4 is 5.11 Å². The van der Waals surface area contributed by atoms with Crippen LogP contribution in [0.25, 0.3) is 10.4 Å². The van der Waals surface area contributed by atoms with E-state index in [0.717, 1.165) is 5.56 Å². The van der Waals surface area contributed by atoms with Crippen molar-refractivity contribution >= 4 is 34.7 Å². The number of carbonyl (C=O) groups excluding carboxylic acids is 2. The Morgan fingerprint density at radius 3 is 2.52 bits per heavy atom. The second-order valence-electron chi connectivity index (χ2n) is 4.83. The van der Waals surface area contributed by atoms with Crippen molar-refractivity contribution in [3.8, 4) is 10.4 Å². The number of furan rings is 1. The first-order valence-electron chi connectivity index (χ1n) is 6.71. The van der Waals surface area contributed by atoms with Gasteiger partial charge in [-0.15, -0.1) is 11.3 Å². The first-order valence-corrected chi connectivity index (χ1v) is 7.91. The van der Waals surface area contributed by atoms with Crippen LogP contribution in [0.15, 0.2) is 53.1 Å². The largest absolute Gasteiger partial charge is 0.550 e. The van der Waals surface area contributed by atoms with Crippen LogP contribution in [0.1, 0.15) is 21.0 Å². The van der Waals surface area contributed by atoms with Crippen LogP contribution in [0, 0.1) is 0 Å². The molecule has 6 heteroatoms. The third-order valence-electron chi connectivity index (χ3n) is 3.22. The van der Waals surface area contributed by atoms with E-state index in [1.54, 1.807) is 42.5 Å². The Bertz CT molecular complexity index is 847. The standard InChI is InChI=1S/C17H11ClO4S/c18-12-5-3-10(4-6-12)17-11(9-15(19)20)8-14(23-17)16(21)13-2-1-7-22-13/h1-8H,9H2,(H,19,20)/p-1. The number of hydrogen-bond acceptors (Lipinski definition) is 5. The highest BCUT2D eigenvalue weighted by Crippen LogP contribution is 2.35. The number of carboxylic acids is 1. The molecule has 1 aromatic carbocycles. The average molecular weight is 346 g/mol. The van der Waals surface area contributed by atoms with Crippen molar-refractivity contribution < 1.29 is 19.1 Å². The first kappa shape index (κ1) is 15.5. The number of hydrogen-bond donors (Lipinski definition) is 0. The molecule has 0 fully saturated rings. The monoisotopic (exact) mass is 345 g/mol. The number of halogens is 1. The molecule has 0 aliphatic carbocycles. The van der Waals surface area contributed by atoms with E-state index < -0.39 is 5.97 Å². The Morgan fingerprint density at radius 1 is 1.17 bits per heavy atom. The number of aliphatic carboxylic acids is 1. The zero-order chi connectivity index (χ0) is 16.4. The molecule has 0 saturated heterocycles. The summed E-state index contributed by atoms with van der Waals surface area (Å²) < 4.78 is 5.11. The van der Waals surface area contributed by atoms with Crippen LogP contribution >= 0.6 is 22.9 Å². The van der Waals surface area contributed by atoms with Gasteiger partial charge in [-0.25, -0.2) is 0 Å². The minimum absolute atomic E-state index is 0.217. The quantitative estimate of drug-likeness (QED) is 0.666. The van der Waals surface area contributed by atoms with Crippen molar-refractivity contribution in [3.05, 3.63) is 70.0 Å². The number of thiophene rings is 1. The lowest BCUT2D eigenvalue weighted by Crippen LogP contribution is -2.24. The maximum atomic E-state index is 12.4. The average Bonchev–Trinajstić information content (AvgIpc) is 3.16. The summed E-state index contributed by atoms with van der Waals surface area (Å²) in [4.78, 5) is 24.5. The highest BCUT2D eigenvalue weighted by molar-refractivity contribution is 7.17. The van der Waals surface area contributed by atoms with Gasteiger partial charge in [0.2, 0.25) is 5.78 Å². The first-order chi connectivity index (χ1) is 11.0. The van der Waals surface area contributed by atoms with Crippen LogP contribution in [0.2, 0.25) is 5.02 Å². The summed E-state index contributed by atoms with van der Waals surface area (Å²) in [6, 6.07) is 11.8. The van der Waals surface area contributed by atoms with Gasteiger partial charge >= 0.3 is 0 Å². The van der Waals surface area contributed by atoms with Gasteiger partial charge in [0.1, 0.15) is 0 Å². The second kappa shape index (κ2) is 6.40. The topological polar surface area (TPSA) is 70.3 Å². The van der Waals surface area contributed by atoms with E-state index in [4.69, 9.17) is 16.0 Å². The minimum Gasteiger partial charge on any atom is -0.550 e. The van der Waals surface area contributed by atoms with Gasteiger partial charge in [0.15, 0.2) is 5.76 Å². The summed E-state index contributed by atoms with van der Waals surface area (Å²) in [6.45, 7) is 0. The summed E-state index contributed by atoms with van der Waals surface area (Å²) in [5.41, 5.74) is 1.33. The molecule has 4 nitrogen and oxygen atoms in total. The summed E-state index contributed by atoms with van der Waals surface area (Å²) in [6.07, 6.45) is 1.16. The molecule has 0 aliphatic rings. The number of carbonyl (C=O) groups is 2. The normalized spacial score (nSPS) is 10.7. The fourth-order valence-corrected chi connectivity index (χ4v) is 3.46. The van der Waals surface area contributed by atoms with Crippen molar-refractivity contribution in [1.29, 1.82) is 0 Å². The van der Waals surface area contributed by atoms with Gasteiger partial charge in [0.25, 0.3) is 0 Å². The Labute approximate surface area is 140 Å². The van der Waals surface area contributed by atoms with Crippen molar-refractivity contribution in [2.24, 2.45) is 0 Å². The summed E-state index contributed by atoms with van der Waals surface area (Å²) >= 11 is 7.10. The molecule has 2 heterocycles. The van der Waals surface area contributed by atoms with E-state index in [0.29, 0.717) is 20.3 Å². The molecule has 116 valence electrons. The third-order valence-corrected chi connectivity index (χ3v) is 4.70. The van der Waals surface area contributed by atoms with Gasteiger partial charge in [-0.2, -0.15) is 0 Å². The van der Waals surface area contributed by atoms with Crippen molar-refractivity contribution in [3.63, 3.8) is 0 Å². The molecule has 0 unspecified atom stereocenters. The molecule has 0 spiro atoms. The number of benzene rings is 1. The Balaban J connectivity index is 2.05. The second-order valence-corrected chi connectivity index (χ2v) is 6.32. The van der Waals surface area contributed by atoms with Gasteiger partial charge in [-0.3, -0.25) is 4.79 Å². The van der Waals surface area contributed by atoms with E-state index in [2.05, 4.69) is 0 Å². The van der Waals surface area contributed by atoms with E-state index >= 15 is 0 Å². The van der Waals surface area contributed by atoms with Crippen LogP contribution in [0.3, 0.4) is 0 Å². The number of ketones is 1. The Kier molecular flexibility index (Phi) is 4.32. The molecule has 0 N–H and O–H groups in total. The fraction of sp³-hybridized carbons (Fsp3) is 0.0588. The highest BCUT2D eigenvalue weighted by atomic mass is 35.5. The zero-order valence-corrected chi connectivity index (χ0v) is 13.3.